The van der Waals surface area contributed by atoms with Gasteiger partial charge in [0.1, 0.15) is 5.75 Å². The molecule has 2 nitrogen and oxygen atoms in total. The summed E-state index contributed by atoms with van der Waals surface area (Å²) in [7, 11) is 0. The Morgan fingerprint density at radius 1 is 1.26 bits per heavy atom. The van der Waals surface area contributed by atoms with Gasteiger partial charge in [0.15, 0.2) is 0 Å². The molecular weight excluding hydrogens is 258 g/mol. The minimum atomic E-state index is 0.570. The third-order valence-electron chi connectivity index (χ3n) is 4.20. The topological polar surface area (TPSA) is 21.3 Å². The summed E-state index contributed by atoms with van der Waals surface area (Å²) in [6.45, 7) is 7.32. The summed E-state index contributed by atoms with van der Waals surface area (Å²) in [6, 6.07) is 6.54. The van der Waals surface area contributed by atoms with Gasteiger partial charge >= 0.3 is 0 Å². The number of hydrogen-bond acceptors (Lipinski definition) is 2. The number of halogens is 1. The Balaban J connectivity index is 1.98. The van der Waals surface area contributed by atoms with E-state index < -0.39 is 0 Å². The van der Waals surface area contributed by atoms with Crippen LogP contribution in [0, 0.1) is 11.8 Å². The highest BCUT2D eigenvalue weighted by Gasteiger charge is 2.24. The molecule has 3 unspecified atom stereocenters. The predicted molar refractivity (Wildman–Crippen MR) is 82.2 cm³/mol. The average Bonchev–Trinajstić information content (AvgIpc) is 2.37. The van der Waals surface area contributed by atoms with Crippen molar-refractivity contribution in [2.24, 2.45) is 11.8 Å². The normalized spacial score (nSPS) is 27.1. The summed E-state index contributed by atoms with van der Waals surface area (Å²) in [4.78, 5) is 0. The van der Waals surface area contributed by atoms with Gasteiger partial charge in [-0.15, -0.1) is 0 Å². The molecule has 0 aromatic heterocycles. The maximum Gasteiger partial charge on any atom is 0.138 e. The van der Waals surface area contributed by atoms with Crippen LogP contribution in [0.15, 0.2) is 18.2 Å². The molecule has 3 heteroatoms. The third kappa shape index (κ3) is 3.79. The van der Waals surface area contributed by atoms with E-state index in [4.69, 9.17) is 16.3 Å². The Kier molecular flexibility index (Phi) is 4.98. The zero-order valence-corrected chi connectivity index (χ0v) is 12.8. The molecule has 0 heterocycles. The first kappa shape index (κ1) is 14.5. The summed E-state index contributed by atoms with van der Waals surface area (Å²) < 4.78 is 5.45. The van der Waals surface area contributed by atoms with Crippen LogP contribution in [0.5, 0.6) is 5.75 Å². The lowest BCUT2D eigenvalue weighted by atomic mass is 9.79. The van der Waals surface area contributed by atoms with Crippen LogP contribution in [-0.4, -0.2) is 12.6 Å². The summed E-state index contributed by atoms with van der Waals surface area (Å²) in [5.74, 6) is 2.41. The van der Waals surface area contributed by atoms with Crippen LogP contribution in [0.25, 0.3) is 0 Å². The van der Waals surface area contributed by atoms with E-state index in [9.17, 15) is 0 Å². The molecule has 2 rings (SSSR count). The summed E-state index contributed by atoms with van der Waals surface area (Å²) >= 11 is 6.21. The lowest BCUT2D eigenvalue weighted by Crippen LogP contribution is -2.30. The molecule has 0 amide bonds. The van der Waals surface area contributed by atoms with E-state index in [1.807, 2.05) is 19.1 Å². The molecule has 0 radical (unpaired) electrons. The monoisotopic (exact) mass is 281 g/mol. The van der Waals surface area contributed by atoms with E-state index in [0.717, 1.165) is 23.3 Å². The van der Waals surface area contributed by atoms with Crippen molar-refractivity contribution in [1.29, 1.82) is 0 Å². The zero-order chi connectivity index (χ0) is 13.8. The molecule has 106 valence electrons. The second-order valence-corrected chi connectivity index (χ2v) is 6.09. The number of benzene rings is 1. The second-order valence-electron chi connectivity index (χ2n) is 5.69. The minimum absolute atomic E-state index is 0.570. The van der Waals surface area contributed by atoms with Crippen LogP contribution in [0.3, 0.4) is 0 Å². The predicted octanol–water partition coefficient (Wildman–Crippen LogP) is 4.98. The van der Waals surface area contributed by atoms with Gasteiger partial charge in [-0.05, 0) is 56.2 Å². The van der Waals surface area contributed by atoms with E-state index in [1.54, 1.807) is 0 Å². The Morgan fingerprint density at radius 3 is 2.68 bits per heavy atom. The quantitative estimate of drug-likeness (QED) is 0.841. The van der Waals surface area contributed by atoms with Gasteiger partial charge in [-0.1, -0.05) is 25.4 Å². The van der Waals surface area contributed by atoms with E-state index in [2.05, 4.69) is 25.2 Å². The maximum atomic E-state index is 6.21. The summed E-state index contributed by atoms with van der Waals surface area (Å²) in [5.41, 5.74) is 1.10. The first-order chi connectivity index (χ1) is 9.10. The molecule has 1 aromatic rings. The van der Waals surface area contributed by atoms with Gasteiger partial charge in [0.05, 0.1) is 11.6 Å². The molecule has 19 heavy (non-hydrogen) atoms. The minimum Gasteiger partial charge on any atom is -0.492 e. The molecule has 0 bridgehead atoms. The fourth-order valence-corrected chi connectivity index (χ4v) is 3.01. The van der Waals surface area contributed by atoms with Gasteiger partial charge in [-0.2, -0.15) is 0 Å². The van der Waals surface area contributed by atoms with E-state index >= 15 is 0 Å². The molecule has 0 spiro atoms. The van der Waals surface area contributed by atoms with Crippen molar-refractivity contribution in [3.8, 4) is 5.75 Å². The second kappa shape index (κ2) is 6.51. The van der Waals surface area contributed by atoms with Crippen molar-refractivity contribution in [1.82, 2.24) is 0 Å². The number of ether oxygens (including phenoxy) is 1. The highest BCUT2D eigenvalue weighted by Crippen LogP contribution is 2.33. The van der Waals surface area contributed by atoms with Crippen molar-refractivity contribution in [3.63, 3.8) is 0 Å². The highest BCUT2D eigenvalue weighted by molar-refractivity contribution is 6.32. The van der Waals surface area contributed by atoms with Crippen molar-refractivity contribution >= 4 is 17.3 Å². The number of rotatable bonds is 4. The Bertz CT molecular complexity index is 421. The van der Waals surface area contributed by atoms with Gasteiger partial charge < -0.3 is 10.1 Å². The van der Waals surface area contributed by atoms with Crippen LogP contribution in [0.1, 0.15) is 40.0 Å². The first-order valence-electron chi connectivity index (χ1n) is 7.29. The van der Waals surface area contributed by atoms with E-state index in [-0.39, 0.29) is 0 Å². The lowest BCUT2D eigenvalue weighted by molar-refractivity contribution is 0.261. The van der Waals surface area contributed by atoms with Crippen molar-refractivity contribution < 1.29 is 4.74 Å². The number of anilines is 1. The Morgan fingerprint density at radius 2 is 2.05 bits per heavy atom. The fourth-order valence-electron chi connectivity index (χ4n) is 2.78. The highest BCUT2D eigenvalue weighted by atomic mass is 35.5. The fraction of sp³-hybridized carbons (Fsp3) is 0.625. The van der Waals surface area contributed by atoms with Crippen LogP contribution in [0.2, 0.25) is 5.02 Å². The standard InChI is InChI=1S/C16H24ClNO/c1-4-19-16-8-7-14(10-15(16)17)18-13-6-5-11(2)12(3)9-13/h7-8,10-13,18H,4-6,9H2,1-3H3. The molecule has 1 saturated carbocycles. The van der Waals surface area contributed by atoms with Crippen LogP contribution >= 0.6 is 11.6 Å². The molecule has 1 N–H and O–H groups in total. The molecule has 1 aromatic carbocycles. The zero-order valence-electron chi connectivity index (χ0n) is 12.1. The molecule has 3 atom stereocenters. The summed E-state index contributed by atoms with van der Waals surface area (Å²) in [5, 5.41) is 4.29. The SMILES string of the molecule is CCOc1ccc(NC2CCC(C)C(C)C2)cc1Cl. The van der Waals surface area contributed by atoms with Gasteiger partial charge in [0.2, 0.25) is 0 Å². The largest absolute Gasteiger partial charge is 0.492 e. The van der Waals surface area contributed by atoms with Crippen molar-refractivity contribution in [2.75, 3.05) is 11.9 Å². The van der Waals surface area contributed by atoms with Gasteiger partial charge in [-0.25, -0.2) is 0 Å². The molecule has 1 fully saturated rings. The third-order valence-corrected chi connectivity index (χ3v) is 4.50. The molecule has 0 saturated heterocycles. The molecule has 1 aliphatic rings. The van der Waals surface area contributed by atoms with Crippen molar-refractivity contribution in [2.45, 2.75) is 46.1 Å². The number of hydrogen-bond donors (Lipinski definition) is 1. The van der Waals surface area contributed by atoms with Gasteiger partial charge in [0.25, 0.3) is 0 Å². The van der Waals surface area contributed by atoms with Gasteiger partial charge in [-0.3, -0.25) is 0 Å². The van der Waals surface area contributed by atoms with E-state index in [1.165, 1.54) is 19.3 Å². The molecule has 1 aliphatic carbocycles. The average molecular weight is 282 g/mol. The van der Waals surface area contributed by atoms with Crippen molar-refractivity contribution in [3.05, 3.63) is 23.2 Å². The lowest BCUT2D eigenvalue weighted by Gasteiger charge is -2.33. The van der Waals surface area contributed by atoms with Crippen LogP contribution in [0.4, 0.5) is 5.69 Å². The summed E-state index contributed by atoms with van der Waals surface area (Å²) in [6.07, 6.45) is 3.80. The molecule has 0 aliphatic heterocycles. The number of nitrogens with one attached hydrogen (secondary N) is 1. The smallest absolute Gasteiger partial charge is 0.138 e. The van der Waals surface area contributed by atoms with Gasteiger partial charge in [0, 0.05) is 11.7 Å². The Labute approximate surface area is 121 Å². The maximum absolute atomic E-state index is 6.21. The molecular formula is C16H24ClNO. The van der Waals surface area contributed by atoms with Crippen LogP contribution in [-0.2, 0) is 0 Å². The Hall–Kier alpha value is -0.890. The van der Waals surface area contributed by atoms with Crippen LogP contribution < -0.4 is 10.1 Å². The van der Waals surface area contributed by atoms with E-state index in [0.29, 0.717) is 17.7 Å². The first-order valence-corrected chi connectivity index (χ1v) is 7.66.